The van der Waals surface area contributed by atoms with Crippen LogP contribution in [0.15, 0.2) is 29.1 Å². The quantitative estimate of drug-likeness (QED) is 0.662. The van der Waals surface area contributed by atoms with Gasteiger partial charge in [-0.25, -0.2) is 4.98 Å². The molecule has 0 aromatic carbocycles. The lowest BCUT2D eigenvalue weighted by Gasteiger charge is -2.12. The van der Waals surface area contributed by atoms with Crippen LogP contribution in [0.5, 0.6) is 0 Å². The fourth-order valence-electron chi connectivity index (χ4n) is 2.84. The highest BCUT2D eigenvalue weighted by Gasteiger charge is 2.28. The first-order valence-corrected chi connectivity index (χ1v) is 7.44. The van der Waals surface area contributed by atoms with Gasteiger partial charge < -0.3 is 15.3 Å². The molecular formula is C16H15N5O2. The highest BCUT2D eigenvalue weighted by atomic mass is 16.3. The van der Waals surface area contributed by atoms with E-state index >= 15 is 0 Å². The summed E-state index contributed by atoms with van der Waals surface area (Å²) in [5.74, 6) is 7.18. The molecule has 0 unspecified atom stereocenters. The van der Waals surface area contributed by atoms with Crippen LogP contribution < -0.4 is 5.73 Å². The number of aromatic nitrogens is 4. The third-order valence-electron chi connectivity index (χ3n) is 4.06. The number of anilines is 1. The smallest absolute Gasteiger partial charge is 0.254 e. The maximum absolute atomic E-state index is 10.3. The van der Waals surface area contributed by atoms with Crippen molar-refractivity contribution in [3.8, 4) is 23.1 Å². The fraction of sp³-hybridized carbons (Fsp3) is 0.312. The zero-order valence-electron chi connectivity index (χ0n) is 12.4. The van der Waals surface area contributed by atoms with E-state index < -0.39 is 5.60 Å². The molecule has 3 aromatic heterocycles. The normalized spacial score (nSPS) is 16.4. The Morgan fingerprint density at radius 3 is 3.00 bits per heavy atom. The number of hydrogen-bond acceptors (Lipinski definition) is 6. The van der Waals surface area contributed by atoms with Gasteiger partial charge in [0.1, 0.15) is 17.7 Å². The lowest BCUT2D eigenvalue weighted by molar-refractivity contribution is 0.110. The Morgan fingerprint density at radius 2 is 2.17 bits per heavy atom. The molecule has 1 aliphatic rings. The number of nitrogens with zero attached hydrogens (tertiary/aromatic N) is 4. The van der Waals surface area contributed by atoms with Crippen molar-refractivity contribution in [2.45, 2.75) is 31.3 Å². The molecule has 3 aromatic rings. The van der Waals surface area contributed by atoms with Crippen molar-refractivity contribution in [1.29, 1.82) is 0 Å². The zero-order chi connectivity index (χ0) is 15.9. The number of hydrogen-bond donors (Lipinski definition) is 2. The maximum Gasteiger partial charge on any atom is 0.254 e. The standard InChI is InChI=1S/C16H15N5O2/c17-14-9-12(20-15-18-10-19-21(14)15)11-4-8-23-13(11)3-7-16(22)5-1-2-6-16/h4,8-10,22H,1-2,5-6,17H2. The predicted molar refractivity (Wildman–Crippen MR) is 83.2 cm³/mol. The molecule has 1 saturated carbocycles. The SMILES string of the molecule is Nc1cc(-c2ccoc2C#CC2(O)CCCC2)nc2ncnn12. The summed E-state index contributed by atoms with van der Waals surface area (Å²) >= 11 is 0. The van der Waals surface area contributed by atoms with Gasteiger partial charge in [-0.05, 0) is 37.7 Å². The lowest BCUT2D eigenvalue weighted by atomic mass is 10.0. The summed E-state index contributed by atoms with van der Waals surface area (Å²) in [7, 11) is 0. The van der Waals surface area contributed by atoms with E-state index in [-0.39, 0.29) is 0 Å². The van der Waals surface area contributed by atoms with E-state index in [1.165, 1.54) is 10.8 Å². The second-order valence-electron chi connectivity index (χ2n) is 5.69. The van der Waals surface area contributed by atoms with Gasteiger partial charge in [-0.3, -0.25) is 0 Å². The Balaban J connectivity index is 1.75. The summed E-state index contributed by atoms with van der Waals surface area (Å²) in [5, 5.41) is 14.3. The first-order chi connectivity index (χ1) is 11.1. The molecule has 0 amide bonds. The van der Waals surface area contributed by atoms with E-state index in [0.29, 0.717) is 35.9 Å². The third kappa shape index (κ3) is 2.43. The van der Waals surface area contributed by atoms with Crippen LogP contribution in [-0.2, 0) is 0 Å². The largest absolute Gasteiger partial charge is 0.455 e. The maximum atomic E-state index is 10.3. The molecule has 0 saturated heterocycles. The summed E-state index contributed by atoms with van der Waals surface area (Å²) in [4.78, 5) is 8.47. The van der Waals surface area contributed by atoms with Crippen molar-refractivity contribution < 1.29 is 9.52 Å². The van der Waals surface area contributed by atoms with Crippen molar-refractivity contribution >= 4 is 11.6 Å². The zero-order valence-corrected chi connectivity index (χ0v) is 12.4. The molecule has 4 rings (SSSR count). The van der Waals surface area contributed by atoms with Gasteiger partial charge in [0.2, 0.25) is 0 Å². The number of aliphatic hydroxyl groups is 1. The molecule has 3 N–H and O–H groups in total. The van der Waals surface area contributed by atoms with Crippen LogP contribution >= 0.6 is 0 Å². The molecule has 23 heavy (non-hydrogen) atoms. The summed E-state index contributed by atoms with van der Waals surface area (Å²) in [5.41, 5.74) is 6.39. The summed E-state index contributed by atoms with van der Waals surface area (Å²) in [6.45, 7) is 0. The van der Waals surface area contributed by atoms with E-state index in [4.69, 9.17) is 10.2 Å². The van der Waals surface area contributed by atoms with Crippen molar-refractivity contribution in [1.82, 2.24) is 19.6 Å². The Bertz CT molecular complexity index is 925. The van der Waals surface area contributed by atoms with Gasteiger partial charge in [-0.2, -0.15) is 14.6 Å². The predicted octanol–water partition coefficient (Wildman–Crippen LogP) is 1.62. The van der Waals surface area contributed by atoms with Crippen LogP contribution in [0.4, 0.5) is 5.82 Å². The minimum absolute atomic E-state index is 0.412. The first-order valence-electron chi connectivity index (χ1n) is 7.44. The van der Waals surface area contributed by atoms with Gasteiger partial charge in [0.05, 0.1) is 17.5 Å². The van der Waals surface area contributed by atoms with Crippen LogP contribution in [0.2, 0.25) is 0 Å². The second kappa shape index (κ2) is 5.11. The van der Waals surface area contributed by atoms with E-state index in [1.807, 2.05) is 0 Å². The molecular weight excluding hydrogens is 294 g/mol. The third-order valence-corrected chi connectivity index (χ3v) is 4.06. The number of furan rings is 1. The molecule has 7 nitrogen and oxygen atoms in total. The molecule has 3 heterocycles. The molecule has 116 valence electrons. The number of rotatable bonds is 1. The van der Waals surface area contributed by atoms with Gasteiger partial charge in [-0.15, -0.1) is 0 Å². The van der Waals surface area contributed by atoms with E-state index in [2.05, 4.69) is 26.9 Å². The van der Waals surface area contributed by atoms with Crippen LogP contribution in [0.3, 0.4) is 0 Å². The molecule has 0 bridgehead atoms. The molecule has 7 heteroatoms. The first kappa shape index (κ1) is 13.8. The molecule has 0 radical (unpaired) electrons. The second-order valence-corrected chi connectivity index (χ2v) is 5.69. The monoisotopic (exact) mass is 309 g/mol. The molecule has 0 spiro atoms. The summed E-state index contributed by atoms with van der Waals surface area (Å²) < 4.78 is 6.90. The molecule has 0 atom stereocenters. The highest BCUT2D eigenvalue weighted by Crippen LogP contribution is 2.29. The number of fused-ring (bicyclic) bond motifs is 1. The van der Waals surface area contributed by atoms with Crippen molar-refractivity contribution in [3.63, 3.8) is 0 Å². The Kier molecular flexibility index (Phi) is 3.06. The molecule has 1 fully saturated rings. The average Bonchev–Trinajstić information content (AvgIpc) is 3.25. The van der Waals surface area contributed by atoms with Crippen LogP contribution in [-0.4, -0.2) is 30.3 Å². The summed E-state index contributed by atoms with van der Waals surface area (Å²) in [6.07, 6.45) is 6.34. The Hall–Kier alpha value is -2.85. The number of nitrogens with two attached hydrogens (primary N) is 1. The van der Waals surface area contributed by atoms with Crippen LogP contribution in [0.1, 0.15) is 31.4 Å². The highest BCUT2D eigenvalue weighted by molar-refractivity contribution is 5.69. The lowest BCUT2D eigenvalue weighted by Crippen LogP contribution is -2.20. The number of nitrogen functional groups attached to an aromatic ring is 1. The molecule has 1 aliphatic carbocycles. The van der Waals surface area contributed by atoms with E-state index in [1.54, 1.807) is 18.4 Å². The average molecular weight is 309 g/mol. The van der Waals surface area contributed by atoms with Crippen LogP contribution in [0, 0.1) is 11.8 Å². The van der Waals surface area contributed by atoms with Gasteiger partial charge in [0.15, 0.2) is 5.76 Å². The van der Waals surface area contributed by atoms with Gasteiger partial charge >= 0.3 is 0 Å². The van der Waals surface area contributed by atoms with Gasteiger partial charge in [0, 0.05) is 6.07 Å². The topological polar surface area (TPSA) is 102 Å². The van der Waals surface area contributed by atoms with Gasteiger partial charge in [0.25, 0.3) is 5.78 Å². The fourth-order valence-corrected chi connectivity index (χ4v) is 2.84. The molecule has 0 aliphatic heterocycles. The minimum Gasteiger partial charge on any atom is -0.455 e. The van der Waals surface area contributed by atoms with Crippen molar-refractivity contribution in [2.24, 2.45) is 0 Å². The van der Waals surface area contributed by atoms with Crippen molar-refractivity contribution in [2.75, 3.05) is 5.73 Å². The van der Waals surface area contributed by atoms with E-state index in [0.717, 1.165) is 18.4 Å². The van der Waals surface area contributed by atoms with E-state index in [9.17, 15) is 5.11 Å². The van der Waals surface area contributed by atoms with Crippen LogP contribution in [0.25, 0.3) is 17.0 Å². The van der Waals surface area contributed by atoms with Gasteiger partial charge in [-0.1, -0.05) is 5.92 Å². The van der Waals surface area contributed by atoms with Crippen molar-refractivity contribution in [3.05, 3.63) is 30.5 Å². The Labute approximate surface area is 132 Å². The minimum atomic E-state index is -0.909. The summed E-state index contributed by atoms with van der Waals surface area (Å²) in [6, 6.07) is 3.47. The Morgan fingerprint density at radius 1 is 1.35 bits per heavy atom.